The average Bonchev–Trinajstić information content (AvgIpc) is 2.68. The molecule has 0 aromatic heterocycles. The zero-order valence-corrected chi connectivity index (χ0v) is 16.7. The summed E-state index contributed by atoms with van der Waals surface area (Å²) in [7, 11) is 1.71. The summed E-state index contributed by atoms with van der Waals surface area (Å²) in [4.78, 5) is 0. The summed E-state index contributed by atoms with van der Waals surface area (Å²) in [6.07, 6.45) is 9.94. The number of para-hydroxylation sites is 2. The number of hydrogen-bond donors (Lipinski definition) is 4. The van der Waals surface area contributed by atoms with Crippen molar-refractivity contribution in [1.29, 1.82) is 0 Å². The fourth-order valence-electron chi connectivity index (χ4n) is 2.89. The lowest BCUT2D eigenvalue weighted by atomic mass is 10.2. The number of anilines is 1. The van der Waals surface area contributed by atoms with Crippen LogP contribution in [0.4, 0.5) is 5.69 Å². The van der Waals surface area contributed by atoms with Crippen LogP contribution in [-0.2, 0) is 0 Å². The molecule has 0 saturated heterocycles. The molecule has 5 N–H and O–H groups in total. The van der Waals surface area contributed by atoms with Crippen LogP contribution >= 0.6 is 0 Å². The van der Waals surface area contributed by atoms with Gasteiger partial charge in [-0.2, -0.15) is 0 Å². The molecule has 0 bridgehead atoms. The molecule has 0 saturated carbocycles. The van der Waals surface area contributed by atoms with E-state index in [-0.39, 0.29) is 0 Å². The molecule has 0 spiro atoms. The molecule has 5 heteroatoms. The standard InChI is InChI=1S/C21H40N4O/c1-26-21-13-5-4-12-20(21)25-19-11-10-18-24-16-8-3-2-7-15-23-17-9-6-14-22/h4-5,12-13,23-25H,2-3,6-11,14-19,22H2,1H3. The van der Waals surface area contributed by atoms with Gasteiger partial charge in [0.1, 0.15) is 5.75 Å². The molecule has 0 atom stereocenters. The van der Waals surface area contributed by atoms with Gasteiger partial charge in [0.2, 0.25) is 0 Å². The molecular formula is C21H40N4O. The SMILES string of the molecule is COc1ccccc1NCCCCNCCCCCCNCCCCN. The van der Waals surface area contributed by atoms with Gasteiger partial charge in [0.05, 0.1) is 12.8 Å². The Balaban J connectivity index is 1.80. The Morgan fingerprint density at radius 3 is 1.88 bits per heavy atom. The molecule has 0 radical (unpaired) electrons. The Hall–Kier alpha value is -1.30. The molecule has 1 rings (SSSR count). The van der Waals surface area contributed by atoms with E-state index in [1.54, 1.807) is 7.11 Å². The molecule has 150 valence electrons. The number of benzene rings is 1. The van der Waals surface area contributed by atoms with Gasteiger partial charge < -0.3 is 26.4 Å². The predicted molar refractivity (Wildman–Crippen MR) is 113 cm³/mol. The lowest BCUT2D eigenvalue weighted by Crippen LogP contribution is -2.18. The van der Waals surface area contributed by atoms with Gasteiger partial charge in [0.15, 0.2) is 0 Å². The van der Waals surface area contributed by atoms with Crippen LogP contribution in [0, 0.1) is 0 Å². The van der Waals surface area contributed by atoms with Crippen LogP contribution in [0.25, 0.3) is 0 Å². The van der Waals surface area contributed by atoms with Gasteiger partial charge >= 0.3 is 0 Å². The number of methoxy groups -OCH3 is 1. The minimum Gasteiger partial charge on any atom is -0.495 e. The highest BCUT2D eigenvalue weighted by molar-refractivity contribution is 5.55. The maximum atomic E-state index is 5.48. The molecule has 1 aromatic carbocycles. The highest BCUT2D eigenvalue weighted by atomic mass is 16.5. The second kappa shape index (κ2) is 17.1. The highest BCUT2D eigenvalue weighted by Gasteiger charge is 1.99. The molecular weight excluding hydrogens is 324 g/mol. The Kier molecular flexibility index (Phi) is 15.0. The van der Waals surface area contributed by atoms with Crippen LogP contribution in [-0.4, -0.2) is 46.4 Å². The van der Waals surface area contributed by atoms with Gasteiger partial charge in [-0.1, -0.05) is 25.0 Å². The summed E-state index contributed by atoms with van der Waals surface area (Å²) < 4.78 is 5.34. The number of hydrogen-bond acceptors (Lipinski definition) is 5. The molecule has 0 unspecified atom stereocenters. The molecule has 0 fully saturated rings. The molecule has 0 aliphatic rings. The summed E-state index contributed by atoms with van der Waals surface area (Å²) in [5.74, 6) is 0.913. The van der Waals surface area contributed by atoms with Crippen LogP contribution in [0.5, 0.6) is 5.75 Å². The van der Waals surface area contributed by atoms with Crippen molar-refractivity contribution in [3.05, 3.63) is 24.3 Å². The number of nitrogens with one attached hydrogen (secondary N) is 3. The Labute approximate surface area is 160 Å². The smallest absolute Gasteiger partial charge is 0.141 e. The lowest BCUT2D eigenvalue weighted by molar-refractivity contribution is 0.416. The first kappa shape index (κ1) is 22.7. The lowest BCUT2D eigenvalue weighted by Gasteiger charge is -2.10. The second-order valence-electron chi connectivity index (χ2n) is 6.74. The summed E-state index contributed by atoms with van der Waals surface area (Å²) in [6, 6.07) is 8.08. The monoisotopic (exact) mass is 364 g/mol. The van der Waals surface area contributed by atoms with Crippen LogP contribution in [0.2, 0.25) is 0 Å². The predicted octanol–water partition coefficient (Wildman–Crippen LogP) is 3.37. The van der Waals surface area contributed by atoms with Gasteiger partial charge in [-0.05, 0) is 83.4 Å². The maximum Gasteiger partial charge on any atom is 0.141 e. The van der Waals surface area contributed by atoms with Crippen LogP contribution in [0.3, 0.4) is 0 Å². The third kappa shape index (κ3) is 12.1. The van der Waals surface area contributed by atoms with E-state index in [0.29, 0.717) is 0 Å². The van der Waals surface area contributed by atoms with Crippen molar-refractivity contribution in [3.8, 4) is 5.75 Å². The highest BCUT2D eigenvalue weighted by Crippen LogP contribution is 2.22. The number of rotatable bonds is 18. The average molecular weight is 365 g/mol. The van der Waals surface area contributed by atoms with E-state index in [1.165, 1.54) is 44.9 Å². The van der Waals surface area contributed by atoms with Gasteiger partial charge in [-0.25, -0.2) is 0 Å². The van der Waals surface area contributed by atoms with Crippen molar-refractivity contribution in [1.82, 2.24) is 10.6 Å². The first-order valence-electron chi connectivity index (χ1n) is 10.4. The van der Waals surface area contributed by atoms with Crippen LogP contribution < -0.4 is 26.4 Å². The quantitative estimate of drug-likeness (QED) is 0.301. The fraction of sp³-hybridized carbons (Fsp3) is 0.714. The first-order chi connectivity index (χ1) is 12.9. The summed E-state index contributed by atoms with van der Waals surface area (Å²) in [5.41, 5.74) is 6.56. The van der Waals surface area contributed by atoms with E-state index in [2.05, 4.69) is 22.0 Å². The van der Waals surface area contributed by atoms with Crippen molar-refractivity contribution in [2.24, 2.45) is 5.73 Å². The molecule has 1 aromatic rings. The van der Waals surface area contributed by atoms with Crippen molar-refractivity contribution >= 4 is 5.69 Å². The topological polar surface area (TPSA) is 71.3 Å². The Bertz CT molecular complexity index is 428. The van der Waals surface area contributed by atoms with E-state index < -0.39 is 0 Å². The van der Waals surface area contributed by atoms with Crippen LogP contribution in [0.1, 0.15) is 51.4 Å². The third-order valence-corrected chi connectivity index (χ3v) is 4.47. The Morgan fingerprint density at radius 1 is 0.731 bits per heavy atom. The zero-order chi connectivity index (χ0) is 18.7. The first-order valence-corrected chi connectivity index (χ1v) is 10.4. The zero-order valence-electron chi connectivity index (χ0n) is 16.7. The van der Waals surface area contributed by atoms with Gasteiger partial charge in [-0.3, -0.25) is 0 Å². The van der Waals surface area contributed by atoms with Crippen molar-refractivity contribution in [2.45, 2.75) is 51.4 Å². The van der Waals surface area contributed by atoms with Crippen molar-refractivity contribution < 1.29 is 4.74 Å². The fourth-order valence-corrected chi connectivity index (χ4v) is 2.89. The molecule has 26 heavy (non-hydrogen) atoms. The number of unbranched alkanes of at least 4 members (excludes halogenated alkanes) is 5. The van der Waals surface area contributed by atoms with Crippen molar-refractivity contribution in [3.63, 3.8) is 0 Å². The van der Waals surface area contributed by atoms with E-state index >= 15 is 0 Å². The summed E-state index contributed by atoms with van der Waals surface area (Å²) >= 11 is 0. The summed E-state index contributed by atoms with van der Waals surface area (Å²) in [5, 5.41) is 10.5. The summed E-state index contributed by atoms with van der Waals surface area (Å²) in [6.45, 7) is 6.31. The van der Waals surface area contributed by atoms with Gasteiger partial charge in [-0.15, -0.1) is 0 Å². The second-order valence-corrected chi connectivity index (χ2v) is 6.74. The molecule has 0 aliphatic carbocycles. The molecule has 5 nitrogen and oxygen atoms in total. The number of ether oxygens (including phenoxy) is 1. The minimum atomic E-state index is 0.812. The Morgan fingerprint density at radius 2 is 1.27 bits per heavy atom. The maximum absolute atomic E-state index is 5.48. The number of nitrogens with two attached hydrogens (primary N) is 1. The molecule has 0 aliphatic heterocycles. The van der Waals surface area contributed by atoms with E-state index in [0.717, 1.165) is 57.1 Å². The van der Waals surface area contributed by atoms with Crippen LogP contribution in [0.15, 0.2) is 24.3 Å². The van der Waals surface area contributed by atoms with E-state index in [9.17, 15) is 0 Å². The van der Waals surface area contributed by atoms with E-state index in [4.69, 9.17) is 10.5 Å². The van der Waals surface area contributed by atoms with Gasteiger partial charge in [0.25, 0.3) is 0 Å². The van der Waals surface area contributed by atoms with E-state index in [1.807, 2.05) is 18.2 Å². The molecule has 0 heterocycles. The normalized spacial score (nSPS) is 10.8. The largest absolute Gasteiger partial charge is 0.495 e. The molecule has 0 amide bonds. The van der Waals surface area contributed by atoms with Gasteiger partial charge in [0, 0.05) is 6.54 Å². The van der Waals surface area contributed by atoms with Crippen molar-refractivity contribution in [2.75, 3.05) is 51.7 Å². The minimum absolute atomic E-state index is 0.812. The third-order valence-electron chi connectivity index (χ3n) is 4.47.